The first-order valence-electron chi connectivity index (χ1n) is 13.3. The van der Waals surface area contributed by atoms with Crippen molar-refractivity contribution < 1.29 is 18.9 Å². The van der Waals surface area contributed by atoms with Crippen LogP contribution >= 0.6 is 0 Å². The van der Waals surface area contributed by atoms with Gasteiger partial charge >= 0.3 is 7.12 Å². The number of nitrogens with one attached hydrogen (secondary N) is 2. The Morgan fingerprint density at radius 2 is 1.86 bits per heavy atom. The van der Waals surface area contributed by atoms with Gasteiger partial charge < -0.3 is 25.7 Å². The van der Waals surface area contributed by atoms with E-state index in [0.717, 1.165) is 31.2 Å². The first kappa shape index (κ1) is 26.2. The molecule has 1 heterocycles. The lowest BCUT2D eigenvalue weighted by Crippen LogP contribution is -2.65. The highest BCUT2D eigenvalue weighted by molar-refractivity contribution is 6.48. The SMILES string of the molecule is CC(=O)N[C@@H](CCCCCN)C(=O)N[C@@H](Cc1ccccc1)B1O[C@@H]2C[C@@H]3C[C@@H](C3(C)C)[C@]2(C)O1. The van der Waals surface area contributed by atoms with E-state index < -0.39 is 13.2 Å². The standard InChI is InChI=1S/C27H42BN3O4/c1-18(32)30-21(13-9-6-10-14-29)25(33)31-24(15-19-11-7-5-8-12-19)28-34-23-17-20-16-22(26(20,2)3)27(23,4)35-28/h5,7-8,11-12,20-24H,6,9-10,13-17,29H2,1-4H3,(H,30,32)(H,31,33)/t20-,21-,22-,23+,24-,27-/m0/s1. The van der Waals surface area contributed by atoms with Crippen LogP contribution in [0.2, 0.25) is 0 Å². The van der Waals surface area contributed by atoms with Crippen LogP contribution in [-0.4, -0.2) is 49.2 Å². The Morgan fingerprint density at radius 1 is 1.11 bits per heavy atom. The smallest absolute Gasteiger partial charge is 0.404 e. The van der Waals surface area contributed by atoms with E-state index in [4.69, 9.17) is 15.0 Å². The molecular formula is C27H42BN3O4. The van der Waals surface area contributed by atoms with Crippen molar-refractivity contribution in [3.63, 3.8) is 0 Å². The Labute approximate surface area is 210 Å². The number of benzene rings is 1. The normalized spacial score (nSPS) is 30.1. The molecule has 1 aromatic carbocycles. The molecule has 8 heteroatoms. The second kappa shape index (κ2) is 10.6. The zero-order chi connectivity index (χ0) is 25.2. The van der Waals surface area contributed by atoms with Crippen LogP contribution in [0.3, 0.4) is 0 Å². The number of hydrogen-bond acceptors (Lipinski definition) is 5. The zero-order valence-electron chi connectivity index (χ0n) is 21.7. The molecule has 2 bridgehead atoms. The lowest BCUT2D eigenvalue weighted by Gasteiger charge is -2.64. The number of rotatable bonds is 11. The molecule has 0 radical (unpaired) electrons. The molecule has 4 aliphatic rings. The van der Waals surface area contributed by atoms with Crippen molar-refractivity contribution in [2.24, 2.45) is 23.0 Å². The van der Waals surface area contributed by atoms with E-state index in [2.05, 4.69) is 43.5 Å². The van der Waals surface area contributed by atoms with Gasteiger partial charge in [-0.25, -0.2) is 0 Å². The van der Waals surface area contributed by atoms with Crippen molar-refractivity contribution in [1.82, 2.24) is 10.6 Å². The molecule has 2 amide bonds. The minimum Gasteiger partial charge on any atom is -0.404 e. The average molecular weight is 483 g/mol. The second-order valence-corrected chi connectivity index (χ2v) is 11.5. The quantitative estimate of drug-likeness (QED) is 0.332. The summed E-state index contributed by atoms with van der Waals surface area (Å²) in [6.45, 7) is 8.96. The number of unbranched alkanes of at least 4 members (excludes halogenated alkanes) is 2. The molecular weight excluding hydrogens is 441 g/mol. The molecule has 3 saturated carbocycles. The van der Waals surface area contributed by atoms with Crippen LogP contribution in [0.1, 0.15) is 71.8 Å². The summed E-state index contributed by atoms with van der Waals surface area (Å²) in [5.41, 5.74) is 6.62. The van der Waals surface area contributed by atoms with E-state index in [-0.39, 0.29) is 34.9 Å². The molecule has 6 atom stereocenters. The third kappa shape index (κ3) is 5.44. The van der Waals surface area contributed by atoms with Gasteiger partial charge in [-0.2, -0.15) is 0 Å². The van der Waals surface area contributed by atoms with Gasteiger partial charge in [0.05, 0.1) is 17.6 Å². The van der Waals surface area contributed by atoms with Crippen molar-refractivity contribution in [3.8, 4) is 0 Å². The first-order valence-corrected chi connectivity index (χ1v) is 13.3. The van der Waals surface area contributed by atoms with E-state index in [0.29, 0.717) is 31.2 Å². The molecule has 0 spiro atoms. The van der Waals surface area contributed by atoms with E-state index >= 15 is 0 Å². The summed E-state index contributed by atoms with van der Waals surface area (Å²) in [5.74, 6) is 0.357. The lowest BCUT2D eigenvalue weighted by molar-refractivity contribution is -0.199. The van der Waals surface area contributed by atoms with Crippen molar-refractivity contribution in [2.45, 2.75) is 96.3 Å². The summed E-state index contributed by atoms with van der Waals surface area (Å²) in [5, 5.41) is 6.04. The van der Waals surface area contributed by atoms with E-state index in [1.807, 2.05) is 18.2 Å². The van der Waals surface area contributed by atoms with Crippen LogP contribution in [0.5, 0.6) is 0 Å². The molecule has 4 N–H and O–H groups in total. The molecule has 4 fully saturated rings. The highest BCUT2D eigenvalue weighted by Gasteiger charge is 2.68. The van der Waals surface area contributed by atoms with E-state index in [9.17, 15) is 9.59 Å². The zero-order valence-corrected chi connectivity index (χ0v) is 21.7. The largest absolute Gasteiger partial charge is 0.482 e. The van der Waals surface area contributed by atoms with Gasteiger partial charge in [0.15, 0.2) is 0 Å². The fraction of sp³-hybridized carbons (Fsp3) is 0.704. The molecule has 1 saturated heterocycles. The third-order valence-electron chi connectivity index (χ3n) is 8.81. The maximum absolute atomic E-state index is 13.4. The highest BCUT2D eigenvalue weighted by Crippen LogP contribution is 2.65. The van der Waals surface area contributed by atoms with Crippen molar-refractivity contribution in [1.29, 1.82) is 0 Å². The van der Waals surface area contributed by atoms with Crippen molar-refractivity contribution >= 4 is 18.9 Å². The Bertz CT molecular complexity index is 898. The van der Waals surface area contributed by atoms with Gasteiger partial charge in [-0.1, -0.05) is 57.0 Å². The lowest BCUT2D eigenvalue weighted by atomic mass is 9.43. The van der Waals surface area contributed by atoms with E-state index in [1.54, 1.807) is 0 Å². The van der Waals surface area contributed by atoms with Gasteiger partial charge in [-0.05, 0) is 68.4 Å². The highest BCUT2D eigenvalue weighted by atomic mass is 16.7. The Hall–Kier alpha value is -1.90. The molecule has 7 nitrogen and oxygen atoms in total. The molecule has 1 aliphatic heterocycles. The minimum atomic E-state index is -0.588. The summed E-state index contributed by atoms with van der Waals surface area (Å²) in [6, 6.07) is 9.51. The Morgan fingerprint density at radius 3 is 2.51 bits per heavy atom. The van der Waals surface area contributed by atoms with Crippen LogP contribution in [-0.2, 0) is 25.3 Å². The van der Waals surface area contributed by atoms with Crippen LogP contribution < -0.4 is 16.4 Å². The fourth-order valence-electron chi connectivity index (χ4n) is 6.62. The number of nitrogens with two attached hydrogens (primary N) is 1. The number of hydrogen-bond donors (Lipinski definition) is 3. The van der Waals surface area contributed by atoms with Crippen LogP contribution in [0, 0.1) is 17.3 Å². The summed E-state index contributed by atoms with van der Waals surface area (Å²) in [7, 11) is -0.528. The molecule has 0 unspecified atom stereocenters. The monoisotopic (exact) mass is 483 g/mol. The molecule has 5 rings (SSSR count). The van der Waals surface area contributed by atoms with Gasteiger partial charge in [0, 0.05) is 6.92 Å². The third-order valence-corrected chi connectivity index (χ3v) is 8.81. The molecule has 3 aliphatic carbocycles. The maximum Gasteiger partial charge on any atom is 0.482 e. The predicted octanol–water partition coefficient (Wildman–Crippen LogP) is 3.01. The first-order chi connectivity index (χ1) is 16.6. The summed E-state index contributed by atoms with van der Waals surface area (Å²) in [6.07, 6.45) is 6.06. The number of carbonyl (C=O) groups is 2. The number of amides is 2. The number of carbonyl (C=O) groups excluding carboxylic acids is 2. The van der Waals surface area contributed by atoms with Crippen molar-refractivity contribution in [3.05, 3.63) is 35.9 Å². The Kier molecular flexibility index (Phi) is 7.94. The average Bonchev–Trinajstić information content (AvgIpc) is 3.18. The molecule has 0 aromatic heterocycles. The van der Waals surface area contributed by atoms with Crippen LogP contribution in [0.15, 0.2) is 30.3 Å². The van der Waals surface area contributed by atoms with Crippen LogP contribution in [0.25, 0.3) is 0 Å². The summed E-state index contributed by atoms with van der Waals surface area (Å²) in [4.78, 5) is 25.2. The van der Waals surface area contributed by atoms with Crippen LogP contribution in [0.4, 0.5) is 0 Å². The summed E-state index contributed by atoms with van der Waals surface area (Å²) >= 11 is 0. The molecule has 192 valence electrons. The molecule has 35 heavy (non-hydrogen) atoms. The minimum absolute atomic E-state index is 0.0434. The fourth-order valence-corrected chi connectivity index (χ4v) is 6.62. The molecule has 1 aromatic rings. The van der Waals surface area contributed by atoms with Crippen molar-refractivity contribution in [2.75, 3.05) is 6.54 Å². The van der Waals surface area contributed by atoms with Gasteiger partial charge in [0.25, 0.3) is 0 Å². The topological polar surface area (TPSA) is 103 Å². The van der Waals surface area contributed by atoms with Gasteiger partial charge in [0.1, 0.15) is 6.04 Å². The second-order valence-electron chi connectivity index (χ2n) is 11.5. The predicted molar refractivity (Wildman–Crippen MR) is 137 cm³/mol. The Balaban J connectivity index is 1.50. The van der Waals surface area contributed by atoms with Gasteiger partial charge in [-0.3, -0.25) is 9.59 Å². The van der Waals surface area contributed by atoms with Gasteiger partial charge in [-0.15, -0.1) is 0 Å². The maximum atomic E-state index is 13.4. The van der Waals surface area contributed by atoms with Gasteiger partial charge in [0.2, 0.25) is 11.8 Å². The van der Waals surface area contributed by atoms with E-state index in [1.165, 1.54) is 13.3 Å². The summed E-state index contributed by atoms with van der Waals surface area (Å²) < 4.78 is 13.2.